The monoisotopic (exact) mass is 650 g/mol. The van der Waals surface area contributed by atoms with Gasteiger partial charge in [-0.25, -0.2) is 4.79 Å². The Morgan fingerprint density at radius 2 is 1.52 bits per heavy atom. The third kappa shape index (κ3) is 11.1. The van der Waals surface area contributed by atoms with Crippen LogP contribution < -0.4 is 21.7 Å². The molecule has 9 heteroatoms. The molecule has 48 heavy (non-hydrogen) atoms. The van der Waals surface area contributed by atoms with Gasteiger partial charge in [0.25, 0.3) is 0 Å². The molecule has 4 aromatic carbocycles. The maximum absolute atomic E-state index is 14.3. The number of hydrogen-bond donors (Lipinski definition) is 5. The highest BCUT2D eigenvalue weighted by Crippen LogP contribution is 2.26. The average molecular weight is 651 g/mol. The van der Waals surface area contributed by atoms with Gasteiger partial charge in [0, 0.05) is 38.1 Å². The van der Waals surface area contributed by atoms with Crippen LogP contribution in [0.3, 0.4) is 0 Å². The molecular formula is C39H50N6O3. The summed E-state index contributed by atoms with van der Waals surface area (Å²) < 4.78 is 5.38. The minimum Gasteiger partial charge on any atom is -0.450 e. The van der Waals surface area contributed by atoms with Crippen molar-refractivity contribution in [2.75, 3.05) is 32.8 Å². The van der Waals surface area contributed by atoms with Crippen LogP contribution in [0.1, 0.15) is 55.7 Å². The topological polar surface area (TPSA) is 133 Å². The number of ether oxygens (including phenoxy) is 1. The van der Waals surface area contributed by atoms with Gasteiger partial charge >= 0.3 is 6.09 Å². The Kier molecular flexibility index (Phi) is 14.3. The maximum Gasteiger partial charge on any atom is 0.407 e. The zero-order chi connectivity index (χ0) is 34.1. The molecule has 9 nitrogen and oxygen atoms in total. The lowest BCUT2D eigenvalue weighted by Crippen LogP contribution is -2.52. The molecule has 0 aliphatic carbocycles. The van der Waals surface area contributed by atoms with Crippen molar-refractivity contribution in [2.45, 2.75) is 57.5 Å². The van der Waals surface area contributed by atoms with Crippen LogP contribution in [0.2, 0.25) is 0 Å². The molecule has 0 unspecified atom stereocenters. The molecular weight excluding hydrogens is 600 g/mol. The fourth-order valence-electron chi connectivity index (χ4n) is 5.94. The van der Waals surface area contributed by atoms with E-state index in [-0.39, 0.29) is 23.8 Å². The SMILES string of the molecule is CCCOC(=O)N[C@H](CN[C@@H](CCCNC(=N)N)C(=O)N(CC)CC(c1ccccc1)c1ccccc1)Cc1ccc2ccccc2c1. The second kappa shape index (κ2) is 19.1. The Hall–Kier alpha value is -4.89. The van der Waals surface area contributed by atoms with E-state index < -0.39 is 12.1 Å². The largest absolute Gasteiger partial charge is 0.450 e. The van der Waals surface area contributed by atoms with Crippen LogP contribution in [0.15, 0.2) is 103 Å². The number of carbonyl (C=O) groups excluding carboxylic acids is 2. The number of fused-ring (bicyclic) bond motifs is 1. The lowest BCUT2D eigenvalue weighted by Gasteiger charge is -2.32. The summed E-state index contributed by atoms with van der Waals surface area (Å²) in [5, 5.41) is 19.2. The van der Waals surface area contributed by atoms with E-state index in [2.05, 4.69) is 70.5 Å². The van der Waals surface area contributed by atoms with Gasteiger partial charge in [0.1, 0.15) is 0 Å². The minimum absolute atomic E-state index is 0.00444. The quantitative estimate of drug-likeness (QED) is 0.0526. The van der Waals surface area contributed by atoms with Gasteiger partial charge < -0.3 is 31.3 Å². The molecule has 0 saturated heterocycles. The van der Waals surface area contributed by atoms with Gasteiger partial charge in [0.2, 0.25) is 5.91 Å². The molecule has 0 spiro atoms. The Morgan fingerprint density at radius 1 is 0.875 bits per heavy atom. The Morgan fingerprint density at radius 3 is 2.15 bits per heavy atom. The summed E-state index contributed by atoms with van der Waals surface area (Å²) in [4.78, 5) is 29.0. The van der Waals surface area contributed by atoms with Gasteiger partial charge in [-0.3, -0.25) is 10.2 Å². The highest BCUT2D eigenvalue weighted by Gasteiger charge is 2.28. The summed E-state index contributed by atoms with van der Waals surface area (Å²) in [6, 6.07) is 34.2. The summed E-state index contributed by atoms with van der Waals surface area (Å²) in [7, 11) is 0. The fourth-order valence-corrected chi connectivity index (χ4v) is 5.94. The molecule has 6 N–H and O–H groups in total. The van der Waals surface area contributed by atoms with Crippen LogP contribution in [0.5, 0.6) is 0 Å². The number of nitrogens with one attached hydrogen (secondary N) is 4. The lowest BCUT2D eigenvalue weighted by atomic mass is 9.90. The first-order valence-corrected chi connectivity index (χ1v) is 17.0. The zero-order valence-electron chi connectivity index (χ0n) is 28.2. The molecule has 0 fully saturated rings. The first-order valence-electron chi connectivity index (χ1n) is 17.0. The van der Waals surface area contributed by atoms with Crippen molar-refractivity contribution in [2.24, 2.45) is 5.73 Å². The van der Waals surface area contributed by atoms with Crippen molar-refractivity contribution in [1.29, 1.82) is 5.41 Å². The van der Waals surface area contributed by atoms with Crippen molar-refractivity contribution < 1.29 is 14.3 Å². The Balaban J connectivity index is 1.54. The number of rotatable bonds is 18. The predicted octanol–water partition coefficient (Wildman–Crippen LogP) is 5.79. The molecule has 2 atom stereocenters. The number of benzene rings is 4. The molecule has 0 saturated carbocycles. The number of hydrogen-bond acceptors (Lipinski definition) is 5. The van der Waals surface area contributed by atoms with E-state index in [1.165, 1.54) is 0 Å². The molecule has 0 bridgehead atoms. The lowest BCUT2D eigenvalue weighted by molar-refractivity contribution is -0.133. The Labute approximate surface area is 284 Å². The first-order chi connectivity index (χ1) is 23.4. The molecule has 4 aromatic rings. The maximum atomic E-state index is 14.3. The van der Waals surface area contributed by atoms with Crippen molar-refractivity contribution in [3.05, 3.63) is 120 Å². The average Bonchev–Trinajstić information content (AvgIpc) is 3.11. The number of likely N-dealkylation sites (N-methyl/N-ethyl adjacent to an activating group) is 1. The van der Waals surface area contributed by atoms with Gasteiger partial charge in [-0.15, -0.1) is 0 Å². The molecule has 4 rings (SSSR count). The van der Waals surface area contributed by atoms with Crippen LogP contribution in [0, 0.1) is 5.41 Å². The number of alkyl carbamates (subject to hydrolysis) is 1. The number of carbonyl (C=O) groups is 2. The van der Waals surface area contributed by atoms with Crippen LogP contribution in [0.4, 0.5) is 4.79 Å². The van der Waals surface area contributed by atoms with E-state index >= 15 is 0 Å². The van der Waals surface area contributed by atoms with E-state index in [4.69, 9.17) is 15.9 Å². The summed E-state index contributed by atoms with van der Waals surface area (Å²) in [6.45, 7) is 6.21. The summed E-state index contributed by atoms with van der Waals surface area (Å²) in [6.07, 6.45) is 1.98. The highest BCUT2D eigenvalue weighted by atomic mass is 16.5. The molecule has 0 aliphatic rings. The van der Waals surface area contributed by atoms with Crippen LogP contribution in [-0.2, 0) is 16.0 Å². The number of amides is 2. The number of nitrogens with two attached hydrogens (primary N) is 1. The number of nitrogens with zero attached hydrogens (tertiary/aromatic N) is 1. The van der Waals surface area contributed by atoms with Gasteiger partial charge in [-0.1, -0.05) is 110 Å². The normalized spacial score (nSPS) is 12.3. The van der Waals surface area contributed by atoms with Crippen molar-refractivity contribution in [3.8, 4) is 0 Å². The molecule has 0 aliphatic heterocycles. The smallest absolute Gasteiger partial charge is 0.407 e. The van der Waals surface area contributed by atoms with E-state index in [1.54, 1.807) is 0 Å². The second-order valence-electron chi connectivity index (χ2n) is 12.1. The predicted molar refractivity (Wildman–Crippen MR) is 194 cm³/mol. The van der Waals surface area contributed by atoms with Crippen molar-refractivity contribution in [1.82, 2.24) is 20.9 Å². The van der Waals surface area contributed by atoms with E-state index in [1.807, 2.05) is 67.3 Å². The molecule has 0 aromatic heterocycles. The van der Waals surface area contributed by atoms with Crippen LogP contribution in [0.25, 0.3) is 10.8 Å². The van der Waals surface area contributed by atoms with Gasteiger partial charge in [0.05, 0.1) is 12.6 Å². The summed E-state index contributed by atoms with van der Waals surface area (Å²) >= 11 is 0. The van der Waals surface area contributed by atoms with Gasteiger partial charge in [-0.2, -0.15) is 0 Å². The third-order valence-corrected chi connectivity index (χ3v) is 8.45. The third-order valence-electron chi connectivity index (χ3n) is 8.45. The summed E-state index contributed by atoms with van der Waals surface area (Å²) in [5.74, 6) is -0.0954. The Bertz CT molecular complexity index is 1540. The number of guanidine groups is 1. The van der Waals surface area contributed by atoms with E-state index in [0.717, 1.165) is 33.9 Å². The van der Waals surface area contributed by atoms with Gasteiger partial charge in [-0.05, 0) is 60.1 Å². The van der Waals surface area contributed by atoms with Crippen molar-refractivity contribution in [3.63, 3.8) is 0 Å². The van der Waals surface area contributed by atoms with Crippen molar-refractivity contribution >= 4 is 28.7 Å². The van der Waals surface area contributed by atoms with Gasteiger partial charge in [0.15, 0.2) is 5.96 Å². The standard InChI is InChI=1S/C39H50N6O3/c1-3-24-48-39(47)44-34(26-29-21-22-30-14-11-12-19-33(30)25-29)27-43-36(20-13-23-42-38(40)41)37(46)45(4-2)28-35(31-15-7-5-8-16-31)32-17-9-6-10-18-32/h5-12,14-19,21-22,25,34-36,43H,3-4,13,20,23-24,26-28H2,1-2H3,(H,44,47)(H4,40,41,42)/t34-,36-/m0/s1. The first kappa shape index (κ1) is 36.0. The molecule has 0 heterocycles. The van der Waals surface area contributed by atoms with Crippen LogP contribution >= 0.6 is 0 Å². The second-order valence-corrected chi connectivity index (χ2v) is 12.1. The molecule has 0 radical (unpaired) electrons. The van der Waals surface area contributed by atoms with E-state index in [9.17, 15) is 9.59 Å². The zero-order valence-corrected chi connectivity index (χ0v) is 28.2. The molecule has 2 amide bonds. The molecule has 254 valence electrons. The van der Waals surface area contributed by atoms with E-state index in [0.29, 0.717) is 52.0 Å². The summed E-state index contributed by atoms with van der Waals surface area (Å²) in [5.41, 5.74) is 8.90. The van der Waals surface area contributed by atoms with Crippen LogP contribution in [-0.4, -0.2) is 67.7 Å². The fraction of sp³-hybridized carbons (Fsp3) is 0.359. The highest BCUT2D eigenvalue weighted by molar-refractivity contribution is 5.83. The minimum atomic E-state index is -0.515.